The molecule has 3 saturated heterocycles. The largest absolute Gasteiger partial charge is 0.461 e. The van der Waals surface area contributed by atoms with Crippen molar-refractivity contribution in [2.75, 3.05) is 19.8 Å². The first-order valence-electron chi connectivity index (χ1n) is 11.1. The lowest BCUT2D eigenvalue weighted by Gasteiger charge is -2.26. The number of hydrogen-bond acceptors (Lipinski definition) is 11. The first-order valence-corrected chi connectivity index (χ1v) is 11.1. The van der Waals surface area contributed by atoms with Crippen LogP contribution in [0.1, 0.15) is 34.1 Å². The number of carbonyl (C=O) groups excluding carboxylic acids is 4. The number of epoxide rings is 3. The number of ether oxygens (including phenoxy) is 7. The smallest absolute Gasteiger partial charge is 0.341 e. The van der Waals surface area contributed by atoms with Crippen LogP contribution in [0, 0.1) is 0 Å². The van der Waals surface area contributed by atoms with Gasteiger partial charge in [0.1, 0.15) is 43.2 Å². The maximum Gasteiger partial charge on any atom is 0.341 e. The van der Waals surface area contributed by atoms with Gasteiger partial charge in [-0.1, -0.05) is 6.08 Å². The molecular weight excluding hydrogens is 452 g/mol. The zero-order valence-corrected chi connectivity index (χ0v) is 19.3. The maximum atomic E-state index is 12.8. The summed E-state index contributed by atoms with van der Waals surface area (Å²) < 4.78 is 38.8. The molecule has 4 aliphatic heterocycles. The van der Waals surface area contributed by atoms with Crippen molar-refractivity contribution in [3.8, 4) is 0 Å². The first-order chi connectivity index (χ1) is 16.0. The molecule has 11 nitrogen and oxygen atoms in total. The van der Waals surface area contributed by atoms with Gasteiger partial charge in [0.2, 0.25) is 0 Å². The molecule has 1 unspecified atom stereocenters. The van der Waals surface area contributed by atoms with Gasteiger partial charge in [0.15, 0.2) is 11.7 Å². The number of hydrogen-bond donors (Lipinski definition) is 0. The molecule has 1 aliphatic carbocycles. The van der Waals surface area contributed by atoms with Crippen molar-refractivity contribution in [3.63, 3.8) is 0 Å². The molecule has 0 radical (unpaired) electrons. The van der Waals surface area contributed by atoms with Gasteiger partial charge in [0, 0.05) is 25.8 Å². The molecule has 4 heterocycles. The fourth-order valence-corrected chi connectivity index (χ4v) is 4.54. The van der Waals surface area contributed by atoms with Gasteiger partial charge in [-0.15, -0.1) is 0 Å². The van der Waals surface area contributed by atoms with Crippen molar-refractivity contribution in [3.05, 3.63) is 22.8 Å². The Morgan fingerprint density at radius 2 is 1.76 bits per heavy atom. The van der Waals surface area contributed by atoms with Crippen LogP contribution in [-0.4, -0.2) is 85.4 Å². The van der Waals surface area contributed by atoms with Crippen molar-refractivity contribution in [2.24, 2.45) is 0 Å². The highest BCUT2D eigenvalue weighted by Crippen LogP contribution is 2.55. The topological polar surface area (TPSA) is 143 Å². The van der Waals surface area contributed by atoms with E-state index in [4.69, 9.17) is 33.2 Å². The summed E-state index contributed by atoms with van der Waals surface area (Å²) in [5.74, 6) is -2.32. The summed E-state index contributed by atoms with van der Waals surface area (Å²) in [5, 5.41) is 0. The van der Waals surface area contributed by atoms with Gasteiger partial charge in [-0.2, -0.15) is 0 Å². The number of rotatable bonds is 6. The SMILES string of the molecule is CC(=O)OCC1=C2[C@@H](OC(=O)C3(C)CO3)C/C(COC(C)=O)=C\[C@H]3O[C@H]3[C@]3(C)O[C@H]3[C@H]2OC1=O. The predicted molar refractivity (Wildman–Crippen MR) is 109 cm³/mol. The Bertz CT molecular complexity index is 1020. The van der Waals surface area contributed by atoms with Crippen molar-refractivity contribution >= 4 is 23.9 Å². The Morgan fingerprint density at radius 1 is 1.09 bits per heavy atom. The molecular formula is C23H26O11. The molecule has 11 heteroatoms. The van der Waals surface area contributed by atoms with Crippen molar-refractivity contribution in [2.45, 2.75) is 75.8 Å². The van der Waals surface area contributed by atoms with Crippen LogP contribution in [0.3, 0.4) is 0 Å². The zero-order chi connectivity index (χ0) is 24.4. The van der Waals surface area contributed by atoms with Crippen molar-refractivity contribution in [1.29, 1.82) is 0 Å². The minimum Gasteiger partial charge on any atom is -0.461 e. The van der Waals surface area contributed by atoms with Crippen molar-refractivity contribution in [1.82, 2.24) is 0 Å². The third kappa shape index (κ3) is 4.12. The Hall–Kier alpha value is -2.76. The minimum atomic E-state index is -1.07. The van der Waals surface area contributed by atoms with E-state index in [2.05, 4.69) is 0 Å². The van der Waals surface area contributed by atoms with E-state index >= 15 is 0 Å². The van der Waals surface area contributed by atoms with Gasteiger partial charge in [0.05, 0.1) is 12.2 Å². The molecule has 5 rings (SSSR count). The summed E-state index contributed by atoms with van der Waals surface area (Å²) >= 11 is 0. The van der Waals surface area contributed by atoms with Gasteiger partial charge in [-0.25, -0.2) is 9.59 Å². The Labute approximate surface area is 195 Å². The number of esters is 4. The summed E-state index contributed by atoms with van der Waals surface area (Å²) in [6.45, 7) is 5.82. The summed E-state index contributed by atoms with van der Waals surface area (Å²) in [5.41, 5.74) is -0.690. The van der Waals surface area contributed by atoms with Crippen LogP contribution >= 0.6 is 0 Å². The third-order valence-corrected chi connectivity index (χ3v) is 6.72. The molecule has 0 saturated carbocycles. The van der Waals surface area contributed by atoms with E-state index in [1.807, 2.05) is 13.0 Å². The van der Waals surface area contributed by atoms with Crippen molar-refractivity contribution < 1.29 is 52.3 Å². The van der Waals surface area contributed by atoms with Crippen LogP contribution in [0.15, 0.2) is 22.8 Å². The average molecular weight is 478 g/mol. The molecule has 0 aromatic heterocycles. The normalized spacial score (nSPS) is 41.0. The Morgan fingerprint density at radius 3 is 2.41 bits per heavy atom. The van der Waals surface area contributed by atoms with Gasteiger partial charge >= 0.3 is 23.9 Å². The molecule has 0 N–H and O–H groups in total. The Balaban J connectivity index is 1.55. The van der Waals surface area contributed by atoms with Crippen LogP contribution in [0.5, 0.6) is 0 Å². The van der Waals surface area contributed by atoms with Gasteiger partial charge in [0.25, 0.3) is 0 Å². The summed E-state index contributed by atoms with van der Waals surface area (Å²) in [4.78, 5) is 48.6. The monoisotopic (exact) mass is 478 g/mol. The molecule has 3 fully saturated rings. The highest BCUT2D eigenvalue weighted by molar-refractivity contribution is 5.94. The molecule has 0 spiro atoms. The van der Waals surface area contributed by atoms with Gasteiger partial charge < -0.3 is 33.2 Å². The van der Waals surface area contributed by atoms with E-state index in [-0.39, 0.29) is 44.0 Å². The lowest BCUT2D eigenvalue weighted by Crippen LogP contribution is -2.37. The van der Waals surface area contributed by atoms with Crippen LogP contribution < -0.4 is 0 Å². The van der Waals surface area contributed by atoms with E-state index < -0.39 is 53.4 Å². The fourth-order valence-electron chi connectivity index (χ4n) is 4.54. The summed E-state index contributed by atoms with van der Waals surface area (Å²) in [7, 11) is 0. The highest BCUT2D eigenvalue weighted by atomic mass is 16.7. The van der Waals surface area contributed by atoms with E-state index in [0.29, 0.717) is 11.1 Å². The number of carbonyl (C=O) groups is 4. The molecule has 0 amide bonds. The minimum absolute atomic E-state index is 0.0449. The molecule has 184 valence electrons. The Kier molecular flexibility index (Phi) is 5.34. The fraction of sp³-hybridized carbons (Fsp3) is 0.652. The lowest BCUT2D eigenvalue weighted by atomic mass is 9.86. The molecule has 34 heavy (non-hydrogen) atoms. The van der Waals surface area contributed by atoms with E-state index in [1.165, 1.54) is 13.8 Å². The van der Waals surface area contributed by atoms with Crippen LogP contribution in [0.2, 0.25) is 0 Å². The first kappa shape index (κ1) is 23.0. The van der Waals surface area contributed by atoms with E-state index in [0.717, 1.165) is 0 Å². The second-order valence-electron chi connectivity index (χ2n) is 9.51. The van der Waals surface area contributed by atoms with E-state index in [9.17, 15) is 19.2 Å². The summed E-state index contributed by atoms with van der Waals surface area (Å²) in [6, 6.07) is 0. The molecule has 0 bridgehead atoms. The van der Waals surface area contributed by atoms with Crippen LogP contribution in [0.4, 0.5) is 0 Å². The highest BCUT2D eigenvalue weighted by Gasteiger charge is 2.71. The quantitative estimate of drug-likeness (QED) is 0.225. The van der Waals surface area contributed by atoms with Gasteiger partial charge in [-0.3, -0.25) is 9.59 Å². The molecule has 0 aromatic rings. The third-order valence-electron chi connectivity index (χ3n) is 6.72. The van der Waals surface area contributed by atoms with Crippen LogP contribution in [-0.2, 0) is 52.3 Å². The standard InChI is InChI=1S/C23H26O11/c1-10(24)28-7-12-5-14(32-21(27)22(3)9-30-22)16-13(8-29-11(2)25)20(26)33-17(16)19-23(4,34-19)18-15(6-12)31-18/h6,14-15,17-19H,5,7-9H2,1-4H3/b12-6+/t14-,15+,17-,18+,19-,22?,23-/m0/s1. The number of fused-ring (bicyclic) bond motifs is 5. The molecule has 0 aromatic carbocycles. The second-order valence-corrected chi connectivity index (χ2v) is 9.51. The molecule has 5 aliphatic rings. The van der Waals surface area contributed by atoms with Crippen LogP contribution in [0.25, 0.3) is 0 Å². The average Bonchev–Trinajstić information content (AvgIpc) is 3.68. The zero-order valence-electron chi connectivity index (χ0n) is 19.3. The van der Waals surface area contributed by atoms with E-state index in [1.54, 1.807) is 6.92 Å². The summed E-state index contributed by atoms with van der Waals surface area (Å²) in [6.07, 6.45) is -0.944. The predicted octanol–water partition coefficient (Wildman–Crippen LogP) is 0.290. The maximum absolute atomic E-state index is 12.8. The lowest BCUT2D eigenvalue weighted by molar-refractivity contribution is -0.154. The molecule has 7 atom stereocenters. The van der Waals surface area contributed by atoms with Gasteiger partial charge in [-0.05, 0) is 19.4 Å². The second kappa shape index (κ2) is 7.89.